The van der Waals surface area contributed by atoms with Crippen molar-refractivity contribution >= 4 is 32.4 Å². The number of anilines is 1. The average molecular weight is 306 g/mol. The second kappa shape index (κ2) is 6.70. The molecule has 0 aromatic carbocycles. The van der Waals surface area contributed by atoms with Gasteiger partial charge in [0.15, 0.2) is 0 Å². The molecule has 1 heterocycles. The Balaban J connectivity index is 3.00. The fourth-order valence-corrected chi connectivity index (χ4v) is 3.68. The molecule has 1 aromatic heterocycles. The van der Waals surface area contributed by atoms with Gasteiger partial charge in [-0.3, -0.25) is 4.79 Å². The lowest BCUT2D eigenvalue weighted by atomic mass is 10.6. The number of aromatic nitrogens is 2. The van der Waals surface area contributed by atoms with Crippen LogP contribution in [0.25, 0.3) is 0 Å². The van der Waals surface area contributed by atoms with Crippen molar-refractivity contribution in [2.24, 2.45) is 0 Å². The van der Waals surface area contributed by atoms with Gasteiger partial charge < -0.3 is 10.4 Å². The van der Waals surface area contributed by atoms with E-state index >= 15 is 0 Å². The Kier molecular flexibility index (Phi) is 5.54. The van der Waals surface area contributed by atoms with E-state index in [0.29, 0.717) is 0 Å². The minimum absolute atomic E-state index is 0.0535. The van der Waals surface area contributed by atoms with Gasteiger partial charge in [0.05, 0.1) is 6.61 Å². The van der Waals surface area contributed by atoms with Crippen molar-refractivity contribution in [1.29, 1.82) is 0 Å². The average Bonchev–Trinajstić information content (AvgIpc) is 2.77. The van der Waals surface area contributed by atoms with E-state index in [9.17, 15) is 13.2 Å². The Morgan fingerprint density at radius 2 is 2.26 bits per heavy atom. The molecule has 0 aliphatic carbocycles. The van der Waals surface area contributed by atoms with E-state index in [4.69, 9.17) is 5.11 Å². The van der Waals surface area contributed by atoms with Crippen LogP contribution in [0.1, 0.15) is 6.92 Å². The van der Waals surface area contributed by atoms with Crippen molar-refractivity contribution in [3.05, 3.63) is 12.7 Å². The maximum atomic E-state index is 12.2. The summed E-state index contributed by atoms with van der Waals surface area (Å²) in [5.41, 5.74) is 0. The van der Waals surface area contributed by atoms with Gasteiger partial charge in [-0.1, -0.05) is 17.4 Å². The molecule has 0 aliphatic heterocycles. The van der Waals surface area contributed by atoms with Gasteiger partial charge in [-0.2, -0.15) is 4.31 Å². The van der Waals surface area contributed by atoms with Crippen molar-refractivity contribution in [1.82, 2.24) is 14.5 Å². The summed E-state index contributed by atoms with van der Waals surface area (Å²) >= 11 is 0.748. The summed E-state index contributed by atoms with van der Waals surface area (Å²) in [5.74, 6) is -0.363. The highest BCUT2D eigenvalue weighted by Gasteiger charge is 2.27. The molecule has 0 aliphatic rings. The molecule has 19 heavy (non-hydrogen) atoms. The number of carbonyl (C=O) groups excluding carboxylic acids is 1. The van der Waals surface area contributed by atoms with Crippen LogP contribution in [-0.4, -0.2) is 53.6 Å². The van der Waals surface area contributed by atoms with Crippen LogP contribution in [0.5, 0.6) is 0 Å². The molecule has 1 aromatic rings. The van der Waals surface area contributed by atoms with E-state index in [1.807, 2.05) is 0 Å². The van der Waals surface area contributed by atoms with E-state index in [-0.39, 0.29) is 35.1 Å². The molecular weight excluding hydrogens is 292 g/mol. The Hall–Kier alpha value is -1.36. The molecule has 10 heteroatoms. The Morgan fingerprint density at radius 3 is 2.79 bits per heavy atom. The van der Waals surface area contributed by atoms with Gasteiger partial charge in [0.1, 0.15) is 0 Å². The fraction of sp³-hybridized carbons (Fsp3) is 0.444. The van der Waals surface area contributed by atoms with Gasteiger partial charge >= 0.3 is 0 Å². The number of aliphatic hydroxyl groups is 1. The quantitative estimate of drug-likeness (QED) is 0.526. The van der Waals surface area contributed by atoms with Crippen LogP contribution in [0.2, 0.25) is 0 Å². The van der Waals surface area contributed by atoms with Crippen molar-refractivity contribution in [3.8, 4) is 0 Å². The number of hydrogen-bond acceptors (Lipinski definition) is 7. The highest BCUT2D eigenvalue weighted by atomic mass is 32.2. The summed E-state index contributed by atoms with van der Waals surface area (Å²) in [5, 5.41) is 18.4. The van der Waals surface area contributed by atoms with E-state index in [2.05, 4.69) is 22.1 Å². The van der Waals surface area contributed by atoms with Gasteiger partial charge in [0.25, 0.3) is 10.0 Å². The third-order valence-electron chi connectivity index (χ3n) is 1.93. The fourth-order valence-electron chi connectivity index (χ4n) is 1.19. The summed E-state index contributed by atoms with van der Waals surface area (Å²) in [6, 6.07) is 0. The first-order valence-electron chi connectivity index (χ1n) is 5.24. The molecule has 0 bridgehead atoms. The molecule has 0 radical (unpaired) electrons. The molecule has 0 unspecified atom stereocenters. The van der Waals surface area contributed by atoms with Crippen molar-refractivity contribution in [3.63, 3.8) is 0 Å². The van der Waals surface area contributed by atoms with Gasteiger partial charge in [-0.25, -0.2) is 8.42 Å². The van der Waals surface area contributed by atoms with E-state index in [1.165, 1.54) is 13.0 Å². The molecule has 0 saturated heterocycles. The number of nitrogens with one attached hydrogen (secondary N) is 1. The van der Waals surface area contributed by atoms with Crippen molar-refractivity contribution in [2.75, 3.05) is 25.0 Å². The number of rotatable bonds is 7. The molecule has 0 spiro atoms. The maximum Gasteiger partial charge on any atom is 0.272 e. The van der Waals surface area contributed by atoms with Crippen molar-refractivity contribution in [2.45, 2.75) is 11.3 Å². The van der Waals surface area contributed by atoms with Gasteiger partial charge in [0, 0.05) is 20.0 Å². The number of hydrogen-bond donors (Lipinski definition) is 2. The zero-order valence-electron chi connectivity index (χ0n) is 10.2. The van der Waals surface area contributed by atoms with Crippen LogP contribution >= 0.6 is 11.3 Å². The second-order valence-corrected chi connectivity index (χ2v) is 6.52. The summed E-state index contributed by atoms with van der Waals surface area (Å²) < 4.78 is 25.1. The monoisotopic (exact) mass is 306 g/mol. The largest absolute Gasteiger partial charge is 0.395 e. The molecule has 0 atom stereocenters. The smallest absolute Gasteiger partial charge is 0.272 e. The second-order valence-electron chi connectivity index (χ2n) is 3.43. The van der Waals surface area contributed by atoms with Crippen LogP contribution in [0.15, 0.2) is 17.0 Å². The summed E-state index contributed by atoms with van der Waals surface area (Å²) in [4.78, 5) is 10.8. The molecular formula is C9H14N4O4S2. The predicted molar refractivity (Wildman–Crippen MR) is 70.3 cm³/mol. The lowest BCUT2D eigenvalue weighted by Gasteiger charge is -2.17. The van der Waals surface area contributed by atoms with Crippen LogP contribution in [-0.2, 0) is 14.8 Å². The first-order valence-corrected chi connectivity index (χ1v) is 7.50. The normalized spacial score (nSPS) is 11.5. The number of nitrogens with zero attached hydrogens (tertiary/aromatic N) is 3. The van der Waals surface area contributed by atoms with Gasteiger partial charge in [-0.15, -0.1) is 16.8 Å². The minimum Gasteiger partial charge on any atom is -0.395 e. The first kappa shape index (κ1) is 15.7. The Bertz CT molecular complexity index is 554. The zero-order valence-corrected chi connectivity index (χ0v) is 11.9. The van der Waals surface area contributed by atoms with E-state index in [0.717, 1.165) is 15.6 Å². The molecule has 106 valence electrons. The first-order chi connectivity index (χ1) is 8.91. The highest BCUT2D eigenvalue weighted by molar-refractivity contribution is 7.91. The number of carbonyl (C=O) groups is 1. The topological polar surface area (TPSA) is 112 Å². The molecule has 0 saturated carbocycles. The molecule has 0 fully saturated rings. The molecule has 2 N–H and O–H groups in total. The molecule has 1 rings (SSSR count). The standard InChI is InChI=1S/C9H14N4O4S2/c1-3-4-13(5-6-14)19(16,17)9-12-11-8(18-9)10-7(2)15/h3,14H,1,4-6H2,2H3,(H,10,11,15). The van der Waals surface area contributed by atoms with E-state index < -0.39 is 10.0 Å². The third-order valence-corrected chi connectivity index (χ3v) is 4.98. The summed E-state index contributed by atoms with van der Waals surface area (Å²) in [6.07, 6.45) is 1.41. The lowest BCUT2D eigenvalue weighted by molar-refractivity contribution is -0.114. The zero-order chi connectivity index (χ0) is 14.5. The van der Waals surface area contributed by atoms with E-state index in [1.54, 1.807) is 0 Å². The van der Waals surface area contributed by atoms with Crippen molar-refractivity contribution < 1.29 is 18.3 Å². The van der Waals surface area contributed by atoms with Crippen LogP contribution in [0.3, 0.4) is 0 Å². The molecule has 8 nitrogen and oxygen atoms in total. The minimum atomic E-state index is -3.84. The summed E-state index contributed by atoms with van der Waals surface area (Å²) in [6.45, 7) is 4.41. The maximum absolute atomic E-state index is 12.2. The molecule has 1 amide bonds. The van der Waals surface area contributed by atoms with Gasteiger partial charge in [-0.05, 0) is 0 Å². The third kappa shape index (κ3) is 4.06. The van der Waals surface area contributed by atoms with Crippen LogP contribution < -0.4 is 5.32 Å². The highest BCUT2D eigenvalue weighted by Crippen LogP contribution is 2.23. The Labute approximate surface area is 114 Å². The number of sulfonamides is 1. The summed E-state index contributed by atoms with van der Waals surface area (Å²) in [7, 11) is -3.84. The number of aliphatic hydroxyl groups excluding tert-OH is 1. The Morgan fingerprint density at radius 1 is 1.58 bits per heavy atom. The lowest BCUT2D eigenvalue weighted by Crippen LogP contribution is -2.33. The van der Waals surface area contributed by atoms with Gasteiger partial charge in [0.2, 0.25) is 15.4 Å². The number of amides is 1. The van der Waals surface area contributed by atoms with Crippen LogP contribution in [0.4, 0.5) is 5.13 Å². The van der Waals surface area contributed by atoms with Crippen LogP contribution in [0, 0.1) is 0 Å². The SMILES string of the molecule is C=CCN(CCO)S(=O)(=O)c1nnc(NC(C)=O)s1. The predicted octanol–water partition coefficient (Wildman–Crippen LogP) is -0.335.